The first-order valence-corrected chi connectivity index (χ1v) is 11.6. The van der Waals surface area contributed by atoms with E-state index in [1.807, 2.05) is 43.3 Å². The molecule has 0 radical (unpaired) electrons. The number of ether oxygens (including phenoxy) is 2. The van der Waals surface area contributed by atoms with Crippen LogP contribution in [0.1, 0.15) is 25.3 Å². The number of piperidine rings is 1. The number of benzene rings is 2. The summed E-state index contributed by atoms with van der Waals surface area (Å²) in [7, 11) is -3.58. The zero-order valence-electron chi connectivity index (χ0n) is 17.1. The third-order valence-corrected chi connectivity index (χ3v) is 6.90. The van der Waals surface area contributed by atoms with E-state index in [-0.39, 0.29) is 23.4 Å². The van der Waals surface area contributed by atoms with E-state index in [1.54, 1.807) is 30.3 Å². The molecule has 2 aromatic rings. The molecule has 30 heavy (non-hydrogen) atoms. The standard InChI is InChI=1S/C23H27NO5S/c1-2-28-21-10-12-22(13-11-21)30(26,27)24-16-14-20(15-17-24)23(25)29-18-6-9-19-7-4-3-5-8-19/h3-13,20H,2,14-18H2,1H3/b9-6+. The number of carbonyl (C=O) groups excluding carboxylic acids is 1. The van der Waals surface area contributed by atoms with Crippen molar-refractivity contribution < 1.29 is 22.7 Å². The van der Waals surface area contributed by atoms with Gasteiger partial charge in [-0.25, -0.2) is 8.42 Å². The van der Waals surface area contributed by atoms with E-state index in [4.69, 9.17) is 9.47 Å². The van der Waals surface area contributed by atoms with E-state index in [0.717, 1.165) is 5.56 Å². The molecule has 7 heteroatoms. The molecule has 6 nitrogen and oxygen atoms in total. The van der Waals surface area contributed by atoms with Crippen molar-refractivity contribution in [3.05, 3.63) is 66.2 Å². The molecule has 1 aliphatic rings. The normalized spacial score (nSPS) is 15.9. The van der Waals surface area contributed by atoms with Gasteiger partial charge in [-0.05, 0) is 55.7 Å². The van der Waals surface area contributed by atoms with Gasteiger partial charge in [-0.2, -0.15) is 4.31 Å². The molecule has 160 valence electrons. The Kier molecular flexibility index (Phi) is 7.65. The van der Waals surface area contributed by atoms with Crippen LogP contribution in [0.5, 0.6) is 5.75 Å². The van der Waals surface area contributed by atoms with Gasteiger partial charge in [0.1, 0.15) is 12.4 Å². The minimum Gasteiger partial charge on any atom is -0.494 e. The molecule has 0 unspecified atom stereocenters. The van der Waals surface area contributed by atoms with Crippen molar-refractivity contribution in [3.63, 3.8) is 0 Å². The van der Waals surface area contributed by atoms with Gasteiger partial charge in [-0.15, -0.1) is 0 Å². The molecule has 1 heterocycles. The largest absolute Gasteiger partial charge is 0.494 e. The van der Waals surface area contributed by atoms with Crippen molar-refractivity contribution in [3.8, 4) is 5.75 Å². The Morgan fingerprint density at radius 3 is 2.37 bits per heavy atom. The average Bonchev–Trinajstić information content (AvgIpc) is 2.78. The van der Waals surface area contributed by atoms with Crippen molar-refractivity contribution in [1.29, 1.82) is 0 Å². The van der Waals surface area contributed by atoms with E-state index < -0.39 is 10.0 Å². The highest BCUT2D eigenvalue weighted by atomic mass is 32.2. The van der Waals surface area contributed by atoms with Gasteiger partial charge in [0.2, 0.25) is 10.0 Å². The van der Waals surface area contributed by atoms with E-state index in [2.05, 4.69) is 0 Å². The predicted octanol–water partition coefficient (Wildman–Crippen LogP) is 3.74. The zero-order chi connectivity index (χ0) is 21.4. The molecule has 2 aromatic carbocycles. The molecule has 0 amide bonds. The van der Waals surface area contributed by atoms with E-state index >= 15 is 0 Å². The summed E-state index contributed by atoms with van der Waals surface area (Å²) in [4.78, 5) is 12.5. The smallest absolute Gasteiger partial charge is 0.309 e. The molecule has 0 aromatic heterocycles. The van der Waals surface area contributed by atoms with Crippen LogP contribution in [0.3, 0.4) is 0 Å². The van der Waals surface area contributed by atoms with Crippen molar-refractivity contribution in [1.82, 2.24) is 4.31 Å². The Hall–Kier alpha value is -2.64. The third-order valence-electron chi connectivity index (χ3n) is 4.99. The number of rotatable bonds is 8. The molecule has 3 rings (SSSR count). The zero-order valence-corrected chi connectivity index (χ0v) is 17.9. The molecule has 0 spiro atoms. The van der Waals surface area contributed by atoms with Gasteiger partial charge < -0.3 is 9.47 Å². The first-order valence-electron chi connectivity index (χ1n) is 10.1. The lowest BCUT2D eigenvalue weighted by Crippen LogP contribution is -2.40. The summed E-state index contributed by atoms with van der Waals surface area (Å²) in [6.07, 6.45) is 4.62. The van der Waals surface area contributed by atoms with Crippen molar-refractivity contribution >= 4 is 22.1 Å². The minimum atomic E-state index is -3.58. The minimum absolute atomic E-state index is 0.207. The van der Waals surface area contributed by atoms with Gasteiger partial charge in [0.25, 0.3) is 0 Å². The summed E-state index contributed by atoms with van der Waals surface area (Å²) in [6, 6.07) is 16.2. The van der Waals surface area contributed by atoms with Crippen molar-refractivity contribution in [2.24, 2.45) is 5.92 Å². The van der Waals surface area contributed by atoms with Crippen LogP contribution in [0.2, 0.25) is 0 Å². The average molecular weight is 430 g/mol. The highest BCUT2D eigenvalue weighted by molar-refractivity contribution is 7.89. The second kappa shape index (κ2) is 10.4. The Balaban J connectivity index is 1.48. The fourth-order valence-corrected chi connectivity index (χ4v) is 4.82. The number of hydrogen-bond acceptors (Lipinski definition) is 5. The van der Waals surface area contributed by atoms with Crippen LogP contribution in [-0.4, -0.2) is 45.0 Å². The number of esters is 1. The molecule has 1 aliphatic heterocycles. The number of carbonyl (C=O) groups is 1. The maximum Gasteiger partial charge on any atom is 0.309 e. The fourth-order valence-electron chi connectivity index (χ4n) is 3.35. The lowest BCUT2D eigenvalue weighted by molar-refractivity contribution is -0.148. The van der Waals surface area contributed by atoms with Gasteiger partial charge in [-0.3, -0.25) is 4.79 Å². The van der Waals surface area contributed by atoms with Crippen LogP contribution in [0.4, 0.5) is 0 Å². The quantitative estimate of drug-likeness (QED) is 0.598. The molecular formula is C23H27NO5S. The highest BCUT2D eigenvalue weighted by Gasteiger charge is 2.32. The summed E-state index contributed by atoms with van der Waals surface area (Å²) in [6.45, 7) is 3.21. The summed E-state index contributed by atoms with van der Waals surface area (Å²) < 4.78 is 37.8. The molecule has 0 N–H and O–H groups in total. The van der Waals surface area contributed by atoms with Gasteiger partial charge in [-0.1, -0.05) is 36.4 Å². The summed E-state index contributed by atoms with van der Waals surface area (Å²) >= 11 is 0. The van der Waals surface area contributed by atoms with Crippen LogP contribution in [0.15, 0.2) is 65.6 Å². The fraction of sp³-hybridized carbons (Fsp3) is 0.348. The lowest BCUT2D eigenvalue weighted by atomic mass is 9.98. The molecule has 0 atom stereocenters. The second-order valence-electron chi connectivity index (χ2n) is 7.03. The highest BCUT2D eigenvalue weighted by Crippen LogP contribution is 2.25. The third kappa shape index (κ3) is 5.70. The second-order valence-corrected chi connectivity index (χ2v) is 8.96. The van der Waals surface area contributed by atoms with Gasteiger partial charge in [0.15, 0.2) is 0 Å². The van der Waals surface area contributed by atoms with E-state index in [9.17, 15) is 13.2 Å². The number of sulfonamides is 1. The monoisotopic (exact) mass is 429 g/mol. The summed E-state index contributed by atoms with van der Waals surface area (Å²) in [5, 5.41) is 0. The summed E-state index contributed by atoms with van der Waals surface area (Å²) in [5.41, 5.74) is 1.04. The molecule has 0 aliphatic carbocycles. The van der Waals surface area contributed by atoms with Crippen LogP contribution in [0, 0.1) is 5.92 Å². The van der Waals surface area contributed by atoms with Gasteiger partial charge in [0, 0.05) is 13.1 Å². The lowest BCUT2D eigenvalue weighted by Gasteiger charge is -2.30. The number of nitrogens with zero attached hydrogens (tertiary/aromatic N) is 1. The Labute approximate surface area is 178 Å². The maximum atomic E-state index is 12.8. The first-order chi connectivity index (χ1) is 14.5. The Morgan fingerprint density at radius 1 is 1.07 bits per heavy atom. The SMILES string of the molecule is CCOc1ccc(S(=O)(=O)N2CCC(C(=O)OC/C=C/c3ccccc3)CC2)cc1. The van der Waals surface area contributed by atoms with Crippen LogP contribution in [-0.2, 0) is 19.6 Å². The first kappa shape index (κ1) is 22.1. The molecule has 1 fully saturated rings. The van der Waals surface area contributed by atoms with Crippen LogP contribution in [0.25, 0.3) is 6.08 Å². The van der Waals surface area contributed by atoms with E-state index in [1.165, 1.54) is 4.31 Å². The van der Waals surface area contributed by atoms with Crippen LogP contribution >= 0.6 is 0 Å². The van der Waals surface area contributed by atoms with Crippen molar-refractivity contribution in [2.45, 2.75) is 24.7 Å². The number of hydrogen-bond donors (Lipinski definition) is 0. The van der Waals surface area contributed by atoms with Gasteiger partial charge >= 0.3 is 5.97 Å². The molecule has 0 saturated carbocycles. The Morgan fingerprint density at radius 2 is 1.73 bits per heavy atom. The van der Waals surface area contributed by atoms with Crippen molar-refractivity contribution in [2.75, 3.05) is 26.3 Å². The predicted molar refractivity (Wildman–Crippen MR) is 116 cm³/mol. The maximum absolute atomic E-state index is 12.8. The topological polar surface area (TPSA) is 72.9 Å². The van der Waals surface area contributed by atoms with Gasteiger partial charge in [0.05, 0.1) is 17.4 Å². The van der Waals surface area contributed by atoms with E-state index in [0.29, 0.717) is 38.3 Å². The van der Waals surface area contributed by atoms with Crippen LogP contribution < -0.4 is 4.74 Å². The molecule has 1 saturated heterocycles. The molecule has 0 bridgehead atoms. The molecular weight excluding hydrogens is 402 g/mol. The summed E-state index contributed by atoms with van der Waals surface area (Å²) in [5.74, 6) is 0.0898. The Bertz CT molecular complexity index is 947.